The van der Waals surface area contributed by atoms with E-state index in [-0.39, 0.29) is 5.91 Å². The third-order valence-corrected chi connectivity index (χ3v) is 4.71. The smallest absolute Gasteiger partial charge is 0.232 e. The highest BCUT2D eigenvalue weighted by Crippen LogP contribution is 2.31. The van der Waals surface area contributed by atoms with Crippen LogP contribution in [-0.4, -0.2) is 32.8 Å². The summed E-state index contributed by atoms with van der Waals surface area (Å²) in [4.78, 5) is 12.7. The first-order valence-corrected chi connectivity index (χ1v) is 8.66. The van der Waals surface area contributed by atoms with Crippen molar-refractivity contribution in [1.29, 1.82) is 0 Å². The van der Waals surface area contributed by atoms with Gasteiger partial charge in [0, 0.05) is 31.5 Å². The Hall–Kier alpha value is -2.57. The van der Waals surface area contributed by atoms with Gasteiger partial charge in [-0.3, -0.25) is 4.79 Å². The molecule has 1 fully saturated rings. The van der Waals surface area contributed by atoms with Crippen LogP contribution >= 0.6 is 0 Å². The number of nitrogens with two attached hydrogens (primary N) is 1. The van der Waals surface area contributed by atoms with E-state index in [1.807, 2.05) is 48.5 Å². The number of anilines is 1. The van der Waals surface area contributed by atoms with Gasteiger partial charge in [-0.25, -0.2) is 0 Å². The van der Waals surface area contributed by atoms with Crippen LogP contribution in [0.4, 0.5) is 5.69 Å². The van der Waals surface area contributed by atoms with E-state index in [1.165, 1.54) is 0 Å². The molecule has 0 aliphatic carbocycles. The van der Waals surface area contributed by atoms with Crippen LogP contribution in [0.25, 0.3) is 0 Å². The van der Waals surface area contributed by atoms with Crippen molar-refractivity contribution in [1.82, 2.24) is 0 Å². The lowest BCUT2D eigenvalue weighted by atomic mass is 9.79. The van der Waals surface area contributed by atoms with Crippen molar-refractivity contribution in [3.8, 4) is 17.2 Å². The molecule has 1 heterocycles. The highest BCUT2D eigenvalue weighted by Gasteiger charge is 2.38. The van der Waals surface area contributed by atoms with E-state index < -0.39 is 5.41 Å². The average molecular weight is 356 g/mol. The molecule has 2 aromatic carbocycles. The van der Waals surface area contributed by atoms with Crippen LogP contribution in [0, 0.1) is 5.41 Å². The van der Waals surface area contributed by atoms with Crippen LogP contribution in [0.3, 0.4) is 0 Å². The fourth-order valence-electron chi connectivity index (χ4n) is 2.96. The Morgan fingerprint density at radius 2 is 1.81 bits per heavy atom. The number of rotatable bonds is 6. The molecule has 6 heteroatoms. The molecule has 0 bridgehead atoms. The molecule has 0 saturated carbocycles. The molecule has 3 N–H and O–H groups in total. The summed E-state index contributed by atoms with van der Waals surface area (Å²) in [7, 11) is 1.61. The largest absolute Gasteiger partial charge is 0.497 e. The third kappa shape index (κ3) is 4.15. The summed E-state index contributed by atoms with van der Waals surface area (Å²) in [5, 5.41) is 2.96. The topological polar surface area (TPSA) is 82.8 Å². The molecule has 1 saturated heterocycles. The number of amides is 1. The van der Waals surface area contributed by atoms with Crippen molar-refractivity contribution < 1.29 is 19.0 Å². The fraction of sp³-hybridized carbons (Fsp3) is 0.350. The number of carbonyl (C=O) groups is 1. The van der Waals surface area contributed by atoms with Gasteiger partial charge in [0.2, 0.25) is 5.91 Å². The summed E-state index contributed by atoms with van der Waals surface area (Å²) in [5.74, 6) is 2.04. The molecule has 2 aromatic rings. The zero-order valence-electron chi connectivity index (χ0n) is 14.9. The van der Waals surface area contributed by atoms with E-state index in [4.69, 9.17) is 19.9 Å². The maximum atomic E-state index is 12.7. The summed E-state index contributed by atoms with van der Waals surface area (Å²) in [6.07, 6.45) is 1.29. The second kappa shape index (κ2) is 8.21. The van der Waals surface area contributed by atoms with Crippen molar-refractivity contribution in [2.45, 2.75) is 12.8 Å². The lowest BCUT2D eigenvalue weighted by Crippen LogP contribution is -2.46. The van der Waals surface area contributed by atoms with Gasteiger partial charge in [0.05, 0.1) is 12.5 Å². The summed E-state index contributed by atoms with van der Waals surface area (Å²) in [5.41, 5.74) is 6.05. The van der Waals surface area contributed by atoms with Crippen LogP contribution in [0.2, 0.25) is 0 Å². The number of hydrogen-bond acceptors (Lipinski definition) is 5. The second-order valence-electron chi connectivity index (χ2n) is 6.36. The Morgan fingerprint density at radius 1 is 1.12 bits per heavy atom. The van der Waals surface area contributed by atoms with Crippen LogP contribution in [0.5, 0.6) is 17.2 Å². The molecule has 6 nitrogen and oxygen atoms in total. The van der Waals surface area contributed by atoms with Crippen molar-refractivity contribution in [3.63, 3.8) is 0 Å². The minimum absolute atomic E-state index is 0.0511. The van der Waals surface area contributed by atoms with Gasteiger partial charge in [0.25, 0.3) is 0 Å². The lowest BCUT2D eigenvalue weighted by molar-refractivity contribution is -0.130. The number of carbonyl (C=O) groups excluding carboxylic acids is 1. The molecule has 1 aliphatic heterocycles. The quantitative estimate of drug-likeness (QED) is 0.831. The van der Waals surface area contributed by atoms with E-state index in [9.17, 15) is 4.79 Å². The first-order valence-electron chi connectivity index (χ1n) is 8.66. The number of nitrogens with one attached hydrogen (secondary N) is 1. The molecule has 0 unspecified atom stereocenters. The Morgan fingerprint density at radius 3 is 2.46 bits per heavy atom. The van der Waals surface area contributed by atoms with E-state index in [1.54, 1.807) is 7.11 Å². The van der Waals surface area contributed by atoms with Crippen LogP contribution < -0.4 is 20.5 Å². The van der Waals surface area contributed by atoms with Gasteiger partial charge in [-0.05, 0) is 49.2 Å². The predicted octanol–water partition coefficient (Wildman–Crippen LogP) is 3.18. The van der Waals surface area contributed by atoms with Crippen LogP contribution in [0.1, 0.15) is 12.8 Å². The SMILES string of the molecule is COc1cccc(Oc2ccc(NC(=O)C3(CN)CCOCC3)cc2)c1. The maximum absolute atomic E-state index is 12.7. The van der Waals surface area contributed by atoms with E-state index >= 15 is 0 Å². The van der Waals surface area contributed by atoms with Gasteiger partial charge in [0.15, 0.2) is 0 Å². The lowest BCUT2D eigenvalue weighted by Gasteiger charge is -2.34. The molecule has 1 amide bonds. The van der Waals surface area contributed by atoms with Crippen LogP contribution in [0.15, 0.2) is 48.5 Å². The van der Waals surface area contributed by atoms with Gasteiger partial charge in [-0.1, -0.05) is 6.07 Å². The molecule has 138 valence electrons. The van der Waals surface area contributed by atoms with E-state index in [0.29, 0.717) is 49.8 Å². The first kappa shape index (κ1) is 18.2. The summed E-state index contributed by atoms with van der Waals surface area (Å²) in [6.45, 7) is 1.45. The third-order valence-electron chi connectivity index (χ3n) is 4.71. The van der Waals surface area contributed by atoms with Crippen molar-refractivity contribution >= 4 is 11.6 Å². The number of methoxy groups -OCH3 is 1. The normalized spacial score (nSPS) is 15.9. The zero-order chi connectivity index (χ0) is 18.4. The Balaban J connectivity index is 1.64. The minimum Gasteiger partial charge on any atom is -0.497 e. The van der Waals surface area contributed by atoms with Gasteiger partial charge in [-0.2, -0.15) is 0 Å². The summed E-state index contributed by atoms with van der Waals surface area (Å²) in [6, 6.07) is 14.6. The molecule has 0 atom stereocenters. The molecule has 0 aromatic heterocycles. The number of hydrogen-bond donors (Lipinski definition) is 2. The van der Waals surface area contributed by atoms with Crippen molar-refractivity contribution in [2.75, 3.05) is 32.2 Å². The van der Waals surface area contributed by atoms with Crippen LogP contribution in [-0.2, 0) is 9.53 Å². The van der Waals surface area contributed by atoms with Gasteiger partial charge in [0.1, 0.15) is 17.2 Å². The fourth-order valence-corrected chi connectivity index (χ4v) is 2.96. The molecular formula is C20H24N2O4. The van der Waals surface area contributed by atoms with Gasteiger partial charge >= 0.3 is 0 Å². The average Bonchev–Trinajstić information content (AvgIpc) is 2.70. The van der Waals surface area contributed by atoms with Crippen molar-refractivity contribution in [3.05, 3.63) is 48.5 Å². The molecule has 3 rings (SSSR count). The Bertz CT molecular complexity index is 740. The molecule has 0 radical (unpaired) electrons. The summed E-state index contributed by atoms with van der Waals surface area (Å²) < 4.78 is 16.4. The van der Waals surface area contributed by atoms with Gasteiger partial charge < -0.3 is 25.3 Å². The van der Waals surface area contributed by atoms with Gasteiger partial charge in [-0.15, -0.1) is 0 Å². The summed E-state index contributed by atoms with van der Waals surface area (Å²) >= 11 is 0. The Labute approximate surface area is 153 Å². The second-order valence-corrected chi connectivity index (χ2v) is 6.36. The molecular weight excluding hydrogens is 332 g/mol. The van der Waals surface area contributed by atoms with Crippen molar-refractivity contribution in [2.24, 2.45) is 11.1 Å². The van der Waals surface area contributed by atoms with E-state index in [2.05, 4.69) is 5.32 Å². The highest BCUT2D eigenvalue weighted by atomic mass is 16.5. The van der Waals surface area contributed by atoms with E-state index in [0.717, 1.165) is 5.75 Å². The maximum Gasteiger partial charge on any atom is 0.232 e. The Kier molecular flexibility index (Phi) is 5.75. The molecule has 26 heavy (non-hydrogen) atoms. The molecule has 0 spiro atoms. The highest BCUT2D eigenvalue weighted by molar-refractivity contribution is 5.95. The minimum atomic E-state index is -0.548. The standard InChI is InChI=1S/C20H24N2O4/c1-24-17-3-2-4-18(13-17)26-16-7-5-15(6-8-16)22-19(23)20(14-21)9-11-25-12-10-20/h2-8,13H,9-12,14,21H2,1H3,(H,22,23). The number of ether oxygens (including phenoxy) is 3. The zero-order valence-corrected chi connectivity index (χ0v) is 14.9. The predicted molar refractivity (Wildman–Crippen MR) is 99.7 cm³/mol. The first-order chi connectivity index (χ1) is 12.6. The molecule has 1 aliphatic rings. The number of benzene rings is 2. The monoisotopic (exact) mass is 356 g/mol.